The van der Waals surface area contributed by atoms with Crippen molar-refractivity contribution >= 4 is 27.7 Å². The Labute approximate surface area is 106 Å². The summed E-state index contributed by atoms with van der Waals surface area (Å²) in [5, 5.41) is 8.25. The molecule has 2 N–H and O–H groups in total. The van der Waals surface area contributed by atoms with E-state index in [-0.39, 0.29) is 0 Å². The Morgan fingerprint density at radius 1 is 1.44 bits per heavy atom. The van der Waals surface area contributed by atoms with Gasteiger partial charge in [-0.3, -0.25) is 0 Å². The van der Waals surface area contributed by atoms with Gasteiger partial charge in [-0.05, 0) is 29.5 Å². The van der Waals surface area contributed by atoms with Crippen molar-refractivity contribution in [3.8, 4) is 0 Å². The van der Waals surface area contributed by atoms with E-state index < -0.39 is 0 Å². The number of hydrogen-bond acceptors (Lipinski definition) is 5. The van der Waals surface area contributed by atoms with Gasteiger partial charge in [0, 0.05) is 22.8 Å². The summed E-state index contributed by atoms with van der Waals surface area (Å²) in [4.78, 5) is 1.03. The zero-order valence-electron chi connectivity index (χ0n) is 8.61. The van der Waals surface area contributed by atoms with Crippen LogP contribution in [0.25, 0.3) is 0 Å². The van der Waals surface area contributed by atoms with Crippen LogP contribution >= 0.6 is 27.7 Å². The summed E-state index contributed by atoms with van der Waals surface area (Å²) in [5.41, 5.74) is 6.75. The monoisotopic (exact) mass is 299 g/mol. The van der Waals surface area contributed by atoms with Gasteiger partial charge in [0.25, 0.3) is 5.22 Å². The van der Waals surface area contributed by atoms with E-state index in [2.05, 4.69) is 26.1 Å². The standard InChI is InChI=1S/C10H10BrN3OS/c1-6-13-14-10(15-6)16-9-4-2-3-8(11)7(9)5-12/h2-4H,5,12H2,1H3. The predicted octanol–water partition coefficient (Wildman–Crippen LogP) is 2.75. The lowest BCUT2D eigenvalue weighted by Crippen LogP contribution is -1.99. The molecule has 0 radical (unpaired) electrons. The van der Waals surface area contributed by atoms with Crippen LogP contribution in [0.2, 0.25) is 0 Å². The summed E-state index contributed by atoms with van der Waals surface area (Å²) in [6.45, 7) is 2.23. The van der Waals surface area contributed by atoms with Gasteiger partial charge in [0.15, 0.2) is 0 Å². The Morgan fingerprint density at radius 3 is 2.88 bits per heavy atom. The van der Waals surface area contributed by atoms with Gasteiger partial charge in [0.2, 0.25) is 5.89 Å². The molecule has 0 aliphatic heterocycles. The van der Waals surface area contributed by atoms with Crippen molar-refractivity contribution in [1.82, 2.24) is 10.2 Å². The minimum Gasteiger partial charge on any atom is -0.416 e. The molecule has 6 heteroatoms. The Morgan fingerprint density at radius 2 is 2.25 bits per heavy atom. The molecule has 4 nitrogen and oxygen atoms in total. The quantitative estimate of drug-likeness (QED) is 0.944. The normalized spacial score (nSPS) is 10.7. The van der Waals surface area contributed by atoms with Crippen molar-refractivity contribution in [3.63, 3.8) is 0 Å². The lowest BCUT2D eigenvalue weighted by atomic mass is 10.2. The first-order valence-electron chi connectivity index (χ1n) is 4.66. The maximum atomic E-state index is 5.70. The average Bonchev–Trinajstić information content (AvgIpc) is 2.64. The van der Waals surface area contributed by atoms with Crippen molar-refractivity contribution in [3.05, 3.63) is 34.1 Å². The Kier molecular flexibility index (Phi) is 3.63. The third-order valence-electron chi connectivity index (χ3n) is 1.98. The van der Waals surface area contributed by atoms with E-state index >= 15 is 0 Å². The molecule has 0 spiro atoms. The fourth-order valence-corrected chi connectivity index (χ4v) is 2.80. The molecule has 2 rings (SSSR count). The van der Waals surface area contributed by atoms with Gasteiger partial charge < -0.3 is 10.2 Å². The number of nitrogens with two attached hydrogens (primary N) is 1. The topological polar surface area (TPSA) is 64.9 Å². The zero-order valence-corrected chi connectivity index (χ0v) is 11.0. The second-order valence-corrected chi connectivity index (χ2v) is 4.96. The van der Waals surface area contributed by atoms with Crippen LogP contribution in [0.15, 0.2) is 37.2 Å². The maximum absolute atomic E-state index is 5.70. The summed E-state index contributed by atoms with van der Waals surface area (Å²) in [7, 11) is 0. The van der Waals surface area contributed by atoms with Crippen LogP contribution < -0.4 is 5.73 Å². The number of nitrogens with zero attached hydrogens (tertiary/aromatic N) is 2. The molecular weight excluding hydrogens is 290 g/mol. The van der Waals surface area contributed by atoms with Crippen LogP contribution in [0.4, 0.5) is 0 Å². The first kappa shape index (κ1) is 11.6. The van der Waals surface area contributed by atoms with Crippen molar-refractivity contribution in [2.24, 2.45) is 5.73 Å². The van der Waals surface area contributed by atoms with E-state index in [1.807, 2.05) is 18.2 Å². The van der Waals surface area contributed by atoms with Crippen molar-refractivity contribution in [1.29, 1.82) is 0 Å². The van der Waals surface area contributed by atoms with E-state index in [4.69, 9.17) is 10.2 Å². The van der Waals surface area contributed by atoms with Gasteiger partial charge in [0.05, 0.1) is 0 Å². The molecule has 1 heterocycles. The van der Waals surface area contributed by atoms with E-state index in [1.54, 1.807) is 6.92 Å². The van der Waals surface area contributed by atoms with E-state index in [9.17, 15) is 0 Å². The van der Waals surface area contributed by atoms with Crippen molar-refractivity contribution < 1.29 is 4.42 Å². The summed E-state index contributed by atoms with van der Waals surface area (Å²) in [5.74, 6) is 0.562. The molecule has 0 amide bonds. The van der Waals surface area contributed by atoms with Gasteiger partial charge in [0.1, 0.15) is 0 Å². The molecule has 0 saturated heterocycles. The Hall–Kier alpha value is -0.850. The van der Waals surface area contributed by atoms with Gasteiger partial charge in [-0.25, -0.2) is 0 Å². The highest BCUT2D eigenvalue weighted by Gasteiger charge is 2.10. The van der Waals surface area contributed by atoms with Crippen LogP contribution in [-0.4, -0.2) is 10.2 Å². The minimum atomic E-state index is 0.469. The third kappa shape index (κ3) is 2.45. The first-order chi connectivity index (χ1) is 7.70. The first-order valence-corrected chi connectivity index (χ1v) is 6.27. The minimum absolute atomic E-state index is 0.469. The molecular formula is C10H10BrN3OS. The van der Waals surface area contributed by atoms with E-state index in [1.165, 1.54) is 11.8 Å². The highest BCUT2D eigenvalue weighted by atomic mass is 79.9. The van der Waals surface area contributed by atoms with Crippen LogP contribution in [0.1, 0.15) is 11.5 Å². The third-order valence-corrected chi connectivity index (χ3v) is 3.67. The van der Waals surface area contributed by atoms with Crippen LogP contribution in [0.5, 0.6) is 0 Å². The zero-order chi connectivity index (χ0) is 11.5. The highest BCUT2D eigenvalue weighted by molar-refractivity contribution is 9.10. The lowest BCUT2D eigenvalue weighted by Gasteiger charge is -2.06. The number of benzene rings is 1. The van der Waals surface area contributed by atoms with E-state index in [0.717, 1.165) is 14.9 Å². The lowest BCUT2D eigenvalue weighted by molar-refractivity contribution is 0.429. The fourth-order valence-electron chi connectivity index (χ4n) is 1.25. The second kappa shape index (κ2) is 4.99. The molecule has 0 fully saturated rings. The van der Waals surface area contributed by atoms with Crippen LogP contribution in [0, 0.1) is 6.92 Å². The molecule has 84 valence electrons. The highest BCUT2D eigenvalue weighted by Crippen LogP contribution is 2.32. The molecule has 0 saturated carbocycles. The number of aryl methyl sites for hydroxylation is 1. The largest absolute Gasteiger partial charge is 0.416 e. The molecule has 2 aromatic rings. The number of rotatable bonds is 3. The molecule has 0 aliphatic rings. The number of hydrogen-bond donors (Lipinski definition) is 1. The summed E-state index contributed by atoms with van der Waals surface area (Å²) >= 11 is 4.89. The summed E-state index contributed by atoms with van der Waals surface area (Å²) in [6, 6.07) is 5.90. The average molecular weight is 300 g/mol. The molecule has 0 aliphatic carbocycles. The smallest absolute Gasteiger partial charge is 0.281 e. The molecule has 0 atom stereocenters. The van der Waals surface area contributed by atoms with Gasteiger partial charge in [-0.2, -0.15) is 0 Å². The maximum Gasteiger partial charge on any atom is 0.281 e. The van der Waals surface area contributed by atoms with Crippen molar-refractivity contribution in [2.45, 2.75) is 23.6 Å². The molecule has 0 bridgehead atoms. The van der Waals surface area contributed by atoms with Crippen LogP contribution in [0.3, 0.4) is 0 Å². The number of aromatic nitrogens is 2. The van der Waals surface area contributed by atoms with Gasteiger partial charge >= 0.3 is 0 Å². The molecule has 0 unspecified atom stereocenters. The molecule has 1 aromatic heterocycles. The fraction of sp³-hybridized carbons (Fsp3) is 0.200. The van der Waals surface area contributed by atoms with Crippen LogP contribution in [-0.2, 0) is 6.54 Å². The van der Waals surface area contributed by atoms with E-state index in [0.29, 0.717) is 17.7 Å². The Bertz CT molecular complexity index is 501. The summed E-state index contributed by atoms with van der Waals surface area (Å²) < 4.78 is 6.31. The molecule has 16 heavy (non-hydrogen) atoms. The molecule has 1 aromatic carbocycles. The van der Waals surface area contributed by atoms with Gasteiger partial charge in [-0.1, -0.05) is 22.0 Å². The summed E-state index contributed by atoms with van der Waals surface area (Å²) in [6.07, 6.45) is 0. The second-order valence-electron chi connectivity index (χ2n) is 3.11. The van der Waals surface area contributed by atoms with Crippen molar-refractivity contribution in [2.75, 3.05) is 0 Å². The SMILES string of the molecule is Cc1nnc(Sc2cccc(Br)c2CN)o1. The predicted molar refractivity (Wildman–Crippen MR) is 65.2 cm³/mol. The number of halogens is 1. The Balaban J connectivity index is 2.30. The van der Waals surface area contributed by atoms with Gasteiger partial charge in [-0.15, -0.1) is 10.2 Å².